The van der Waals surface area contributed by atoms with E-state index in [0.717, 1.165) is 39.0 Å². The van der Waals surface area contributed by atoms with Crippen molar-refractivity contribution in [1.82, 2.24) is 9.80 Å². The lowest BCUT2D eigenvalue weighted by Gasteiger charge is -2.42. The van der Waals surface area contributed by atoms with Crippen molar-refractivity contribution in [3.63, 3.8) is 0 Å². The van der Waals surface area contributed by atoms with Gasteiger partial charge < -0.3 is 10.6 Å². The Bertz CT molecular complexity index is 305. The van der Waals surface area contributed by atoms with Crippen LogP contribution in [0.2, 0.25) is 0 Å². The summed E-state index contributed by atoms with van der Waals surface area (Å²) < 4.78 is 0. The normalized spacial score (nSPS) is 26.2. The number of amides is 1. The molecule has 0 bridgehead atoms. The Kier molecular flexibility index (Phi) is 4.85. The maximum Gasteiger partial charge on any atom is 0.228 e. The zero-order valence-electron chi connectivity index (χ0n) is 12.5. The van der Waals surface area contributed by atoms with E-state index >= 15 is 0 Å². The average molecular weight is 267 g/mol. The molecule has 1 heterocycles. The lowest BCUT2D eigenvalue weighted by atomic mass is 9.74. The second-order valence-electron chi connectivity index (χ2n) is 6.53. The van der Waals surface area contributed by atoms with E-state index in [1.54, 1.807) is 0 Å². The molecule has 2 fully saturated rings. The summed E-state index contributed by atoms with van der Waals surface area (Å²) in [5, 5.41) is 0. The number of hydrogen-bond acceptors (Lipinski definition) is 3. The summed E-state index contributed by atoms with van der Waals surface area (Å²) in [5.41, 5.74) is 5.63. The fourth-order valence-corrected chi connectivity index (χ4v) is 3.44. The molecule has 1 saturated heterocycles. The Labute approximate surface area is 117 Å². The SMILES string of the molecule is CC(CN)N1CCN(C(=O)C2(C)CCCCC2)CC1. The molecule has 19 heavy (non-hydrogen) atoms. The molecule has 1 amide bonds. The van der Waals surface area contributed by atoms with Gasteiger partial charge in [0, 0.05) is 44.2 Å². The molecule has 1 atom stereocenters. The van der Waals surface area contributed by atoms with Gasteiger partial charge in [-0.25, -0.2) is 0 Å². The molecule has 2 rings (SSSR count). The maximum absolute atomic E-state index is 12.7. The van der Waals surface area contributed by atoms with Crippen LogP contribution in [0.25, 0.3) is 0 Å². The summed E-state index contributed by atoms with van der Waals surface area (Å²) in [5.74, 6) is 0.396. The van der Waals surface area contributed by atoms with Gasteiger partial charge in [0.25, 0.3) is 0 Å². The second-order valence-corrected chi connectivity index (χ2v) is 6.53. The van der Waals surface area contributed by atoms with Gasteiger partial charge in [-0.05, 0) is 19.8 Å². The van der Waals surface area contributed by atoms with E-state index in [0.29, 0.717) is 18.5 Å². The Morgan fingerprint density at radius 2 is 1.74 bits per heavy atom. The van der Waals surface area contributed by atoms with Crippen molar-refractivity contribution in [3.05, 3.63) is 0 Å². The lowest BCUT2D eigenvalue weighted by Crippen LogP contribution is -2.55. The molecule has 0 aromatic heterocycles. The van der Waals surface area contributed by atoms with Gasteiger partial charge in [-0.15, -0.1) is 0 Å². The maximum atomic E-state index is 12.7. The monoisotopic (exact) mass is 267 g/mol. The fourth-order valence-electron chi connectivity index (χ4n) is 3.44. The van der Waals surface area contributed by atoms with Crippen LogP contribution in [0.1, 0.15) is 46.0 Å². The van der Waals surface area contributed by atoms with Crippen LogP contribution in [-0.4, -0.2) is 54.5 Å². The minimum absolute atomic E-state index is 0.0834. The zero-order chi connectivity index (χ0) is 13.9. The number of carbonyl (C=O) groups is 1. The van der Waals surface area contributed by atoms with Crippen LogP contribution in [-0.2, 0) is 4.79 Å². The third kappa shape index (κ3) is 3.29. The highest BCUT2D eigenvalue weighted by molar-refractivity contribution is 5.82. The second kappa shape index (κ2) is 6.23. The Morgan fingerprint density at radius 1 is 1.16 bits per heavy atom. The molecular weight excluding hydrogens is 238 g/mol. The molecule has 0 aromatic carbocycles. The molecule has 1 aliphatic carbocycles. The largest absolute Gasteiger partial charge is 0.340 e. The molecular formula is C15H29N3O. The third-order valence-electron chi connectivity index (χ3n) is 5.04. The molecule has 0 spiro atoms. The van der Waals surface area contributed by atoms with E-state index in [2.05, 4.69) is 23.6 Å². The average Bonchev–Trinajstić information content (AvgIpc) is 2.46. The molecule has 1 unspecified atom stereocenters. The Morgan fingerprint density at radius 3 is 2.26 bits per heavy atom. The molecule has 4 nitrogen and oxygen atoms in total. The molecule has 2 N–H and O–H groups in total. The van der Waals surface area contributed by atoms with Crippen molar-refractivity contribution in [2.24, 2.45) is 11.1 Å². The summed E-state index contributed by atoms with van der Waals surface area (Å²) in [6.07, 6.45) is 5.87. The molecule has 2 aliphatic rings. The number of piperazine rings is 1. The van der Waals surface area contributed by atoms with E-state index in [1.807, 2.05) is 0 Å². The smallest absolute Gasteiger partial charge is 0.228 e. The molecule has 0 radical (unpaired) electrons. The van der Waals surface area contributed by atoms with Crippen molar-refractivity contribution in [3.8, 4) is 0 Å². The van der Waals surface area contributed by atoms with E-state index < -0.39 is 0 Å². The highest BCUT2D eigenvalue weighted by Crippen LogP contribution is 2.37. The van der Waals surface area contributed by atoms with Crippen LogP contribution in [0.4, 0.5) is 0 Å². The minimum Gasteiger partial charge on any atom is -0.340 e. The minimum atomic E-state index is -0.0834. The standard InChI is InChI=1S/C15H29N3O/c1-13(12-16)17-8-10-18(11-9-17)14(19)15(2)6-4-3-5-7-15/h13H,3-12,16H2,1-2H3. The zero-order valence-corrected chi connectivity index (χ0v) is 12.5. The van der Waals surface area contributed by atoms with Gasteiger partial charge in [0.1, 0.15) is 0 Å². The highest BCUT2D eigenvalue weighted by Gasteiger charge is 2.38. The predicted octanol–water partition coefficient (Wildman–Crippen LogP) is 1.45. The Balaban J connectivity index is 1.88. The number of nitrogens with two attached hydrogens (primary N) is 1. The number of rotatable bonds is 3. The van der Waals surface area contributed by atoms with Gasteiger partial charge in [0.15, 0.2) is 0 Å². The first-order chi connectivity index (χ1) is 9.07. The molecule has 1 aliphatic heterocycles. The summed E-state index contributed by atoms with van der Waals surface area (Å²) in [4.78, 5) is 17.2. The summed E-state index contributed by atoms with van der Waals surface area (Å²) in [6, 6.07) is 0.433. The first kappa shape index (κ1) is 14.8. The number of hydrogen-bond donors (Lipinski definition) is 1. The molecule has 4 heteroatoms. The lowest BCUT2D eigenvalue weighted by molar-refractivity contribution is -0.145. The van der Waals surface area contributed by atoms with Gasteiger partial charge in [0.2, 0.25) is 5.91 Å². The molecule has 0 aromatic rings. The van der Waals surface area contributed by atoms with Crippen LogP contribution in [0.5, 0.6) is 0 Å². The van der Waals surface area contributed by atoms with Crippen LogP contribution in [0, 0.1) is 5.41 Å². The first-order valence-corrected chi connectivity index (χ1v) is 7.80. The van der Waals surface area contributed by atoms with E-state index in [9.17, 15) is 4.79 Å². The summed E-state index contributed by atoms with van der Waals surface area (Å²) in [7, 11) is 0. The Hall–Kier alpha value is -0.610. The van der Waals surface area contributed by atoms with Gasteiger partial charge in [-0.1, -0.05) is 26.2 Å². The molecule has 110 valence electrons. The van der Waals surface area contributed by atoms with Gasteiger partial charge in [-0.2, -0.15) is 0 Å². The van der Waals surface area contributed by atoms with Crippen molar-refractivity contribution >= 4 is 5.91 Å². The predicted molar refractivity (Wildman–Crippen MR) is 77.9 cm³/mol. The first-order valence-electron chi connectivity index (χ1n) is 7.80. The van der Waals surface area contributed by atoms with Crippen LogP contribution >= 0.6 is 0 Å². The van der Waals surface area contributed by atoms with E-state index in [1.165, 1.54) is 19.3 Å². The number of carbonyl (C=O) groups excluding carboxylic acids is 1. The van der Waals surface area contributed by atoms with Crippen molar-refractivity contribution in [2.45, 2.75) is 52.0 Å². The quantitative estimate of drug-likeness (QED) is 0.842. The van der Waals surface area contributed by atoms with Gasteiger partial charge in [0.05, 0.1) is 0 Å². The van der Waals surface area contributed by atoms with Crippen LogP contribution in [0.3, 0.4) is 0 Å². The molecule has 1 saturated carbocycles. The van der Waals surface area contributed by atoms with Gasteiger partial charge >= 0.3 is 0 Å². The summed E-state index contributed by atoms with van der Waals surface area (Å²) >= 11 is 0. The van der Waals surface area contributed by atoms with Crippen molar-refractivity contribution in [1.29, 1.82) is 0 Å². The van der Waals surface area contributed by atoms with Crippen LogP contribution in [0.15, 0.2) is 0 Å². The number of nitrogens with zero attached hydrogens (tertiary/aromatic N) is 2. The summed E-state index contributed by atoms with van der Waals surface area (Å²) in [6.45, 7) is 8.73. The van der Waals surface area contributed by atoms with E-state index in [4.69, 9.17) is 5.73 Å². The highest BCUT2D eigenvalue weighted by atomic mass is 16.2. The van der Waals surface area contributed by atoms with E-state index in [-0.39, 0.29) is 5.41 Å². The van der Waals surface area contributed by atoms with Crippen molar-refractivity contribution in [2.75, 3.05) is 32.7 Å². The fraction of sp³-hybridized carbons (Fsp3) is 0.933. The van der Waals surface area contributed by atoms with Gasteiger partial charge in [-0.3, -0.25) is 9.69 Å². The third-order valence-corrected chi connectivity index (χ3v) is 5.04. The van der Waals surface area contributed by atoms with Crippen LogP contribution < -0.4 is 5.73 Å². The topological polar surface area (TPSA) is 49.6 Å². The van der Waals surface area contributed by atoms with Crippen molar-refractivity contribution < 1.29 is 4.79 Å².